The highest BCUT2D eigenvalue weighted by Gasteiger charge is 2.12. The molecule has 1 aliphatic heterocycles. The molecule has 1 aliphatic rings. The van der Waals surface area contributed by atoms with E-state index < -0.39 is 0 Å². The Labute approximate surface area is 124 Å². The number of rotatable bonds is 7. The molecule has 2 rings (SSSR count). The van der Waals surface area contributed by atoms with E-state index in [1.54, 1.807) is 18.2 Å². The Bertz CT molecular complexity index is 480. The van der Waals surface area contributed by atoms with E-state index in [0.29, 0.717) is 23.7 Å². The average Bonchev–Trinajstić information content (AvgIpc) is 2.51. The number of morpholine rings is 1. The van der Waals surface area contributed by atoms with Crippen LogP contribution in [-0.2, 0) is 4.74 Å². The SMILES string of the molecule is N=CN(C=N)c1cc(N)ccc1OCCN1CCOCC1. The summed E-state index contributed by atoms with van der Waals surface area (Å²) in [5, 5.41) is 14.7. The number of anilines is 2. The van der Waals surface area contributed by atoms with Crippen LogP contribution in [0.2, 0.25) is 0 Å². The number of hydrogen-bond acceptors (Lipinski definition) is 6. The highest BCUT2D eigenvalue weighted by molar-refractivity contribution is 5.99. The Kier molecular flexibility index (Phi) is 5.53. The van der Waals surface area contributed by atoms with Gasteiger partial charge in [-0.15, -0.1) is 0 Å². The predicted octanol–water partition coefficient (Wildman–Crippen LogP) is 1.00. The molecule has 7 nitrogen and oxygen atoms in total. The predicted molar refractivity (Wildman–Crippen MR) is 83.7 cm³/mol. The van der Waals surface area contributed by atoms with Crippen LogP contribution in [0.3, 0.4) is 0 Å². The minimum Gasteiger partial charge on any atom is -0.490 e. The molecule has 0 bridgehead atoms. The highest BCUT2D eigenvalue weighted by atomic mass is 16.5. The summed E-state index contributed by atoms with van der Waals surface area (Å²) in [7, 11) is 0. The fourth-order valence-corrected chi connectivity index (χ4v) is 2.14. The molecule has 0 unspecified atom stereocenters. The van der Waals surface area contributed by atoms with Crippen molar-refractivity contribution in [1.82, 2.24) is 4.90 Å². The normalized spacial score (nSPS) is 15.4. The van der Waals surface area contributed by atoms with E-state index >= 15 is 0 Å². The molecule has 0 atom stereocenters. The van der Waals surface area contributed by atoms with Gasteiger partial charge in [-0.3, -0.25) is 20.6 Å². The lowest BCUT2D eigenvalue weighted by atomic mass is 10.2. The summed E-state index contributed by atoms with van der Waals surface area (Å²) in [4.78, 5) is 3.63. The maximum absolute atomic E-state index is 7.33. The van der Waals surface area contributed by atoms with Gasteiger partial charge >= 0.3 is 0 Å². The Morgan fingerprint density at radius 3 is 2.67 bits per heavy atom. The molecule has 1 saturated heterocycles. The first-order valence-corrected chi connectivity index (χ1v) is 6.86. The summed E-state index contributed by atoms with van der Waals surface area (Å²) in [5.74, 6) is 0.615. The zero-order valence-corrected chi connectivity index (χ0v) is 11.9. The molecule has 21 heavy (non-hydrogen) atoms. The van der Waals surface area contributed by atoms with Crippen LogP contribution < -0.4 is 15.4 Å². The summed E-state index contributed by atoms with van der Waals surface area (Å²) >= 11 is 0. The van der Waals surface area contributed by atoms with Crippen LogP contribution in [0, 0.1) is 10.8 Å². The molecule has 0 amide bonds. The molecule has 4 N–H and O–H groups in total. The minimum atomic E-state index is 0.542. The van der Waals surface area contributed by atoms with Gasteiger partial charge in [0.1, 0.15) is 12.4 Å². The van der Waals surface area contributed by atoms with Crippen molar-refractivity contribution >= 4 is 24.1 Å². The summed E-state index contributed by atoms with van der Waals surface area (Å²) in [5.41, 5.74) is 6.93. The fourth-order valence-electron chi connectivity index (χ4n) is 2.14. The molecule has 0 saturated carbocycles. The molecule has 1 aromatic rings. The number of nitrogens with two attached hydrogens (primary N) is 1. The Hall–Kier alpha value is -2.12. The van der Waals surface area contributed by atoms with Gasteiger partial charge in [0.2, 0.25) is 0 Å². The van der Waals surface area contributed by atoms with Crippen molar-refractivity contribution in [3.8, 4) is 5.75 Å². The van der Waals surface area contributed by atoms with Gasteiger partial charge in [-0.05, 0) is 18.2 Å². The van der Waals surface area contributed by atoms with Gasteiger partial charge in [0, 0.05) is 25.3 Å². The molecule has 7 heteroatoms. The molecule has 1 heterocycles. The molecule has 114 valence electrons. The molecule has 1 aromatic carbocycles. The van der Waals surface area contributed by atoms with Crippen molar-refractivity contribution in [1.29, 1.82) is 10.8 Å². The van der Waals surface area contributed by atoms with Crippen LogP contribution in [0.25, 0.3) is 0 Å². The first-order chi connectivity index (χ1) is 10.2. The third-order valence-corrected chi connectivity index (χ3v) is 3.31. The van der Waals surface area contributed by atoms with Crippen LogP contribution in [0.15, 0.2) is 18.2 Å². The number of benzene rings is 1. The topological polar surface area (TPSA) is 98.7 Å². The maximum atomic E-state index is 7.33. The van der Waals surface area contributed by atoms with Crippen molar-refractivity contribution in [2.24, 2.45) is 0 Å². The van der Waals surface area contributed by atoms with E-state index in [9.17, 15) is 0 Å². The highest BCUT2D eigenvalue weighted by Crippen LogP contribution is 2.29. The van der Waals surface area contributed by atoms with Crippen molar-refractivity contribution < 1.29 is 9.47 Å². The largest absolute Gasteiger partial charge is 0.490 e. The molecule has 0 aromatic heterocycles. The van der Waals surface area contributed by atoms with Crippen molar-refractivity contribution in [2.45, 2.75) is 0 Å². The van der Waals surface area contributed by atoms with E-state index in [0.717, 1.165) is 45.5 Å². The summed E-state index contributed by atoms with van der Waals surface area (Å²) in [6.07, 6.45) is 2.10. The van der Waals surface area contributed by atoms with E-state index in [1.165, 1.54) is 4.90 Å². The molecule has 0 radical (unpaired) electrons. The fraction of sp³-hybridized carbons (Fsp3) is 0.429. The van der Waals surface area contributed by atoms with Crippen molar-refractivity contribution in [3.05, 3.63) is 18.2 Å². The van der Waals surface area contributed by atoms with Gasteiger partial charge in [0.05, 0.1) is 31.6 Å². The molecule has 1 fully saturated rings. The number of ether oxygens (including phenoxy) is 2. The maximum Gasteiger partial charge on any atom is 0.143 e. The monoisotopic (exact) mass is 291 g/mol. The first kappa shape index (κ1) is 15.3. The third-order valence-electron chi connectivity index (χ3n) is 3.31. The summed E-state index contributed by atoms with van der Waals surface area (Å²) in [6.45, 7) is 4.74. The van der Waals surface area contributed by atoms with Gasteiger partial charge in [0.25, 0.3) is 0 Å². The van der Waals surface area contributed by atoms with Crippen molar-refractivity contribution in [2.75, 3.05) is 50.1 Å². The Balaban J connectivity index is 1.98. The Morgan fingerprint density at radius 2 is 2.00 bits per heavy atom. The molecular weight excluding hydrogens is 270 g/mol. The number of nitrogen functional groups attached to an aromatic ring is 1. The second-order valence-corrected chi connectivity index (χ2v) is 4.70. The summed E-state index contributed by atoms with van der Waals surface area (Å²) < 4.78 is 11.1. The average molecular weight is 291 g/mol. The van der Waals surface area contributed by atoms with Gasteiger partial charge in [-0.25, -0.2) is 0 Å². The third kappa shape index (κ3) is 4.17. The smallest absolute Gasteiger partial charge is 0.143 e. The lowest BCUT2D eigenvalue weighted by Crippen LogP contribution is -2.38. The zero-order chi connectivity index (χ0) is 15.1. The van der Waals surface area contributed by atoms with Gasteiger partial charge in [-0.1, -0.05) is 0 Å². The van der Waals surface area contributed by atoms with E-state index in [2.05, 4.69) is 4.90 Å². The van der Waals surface area contributed by atoms with E-state index in [-0.39, 0.29) is 0 Å². The summed E-state index contributed by atoms with van der Waals surface area (Å²) in [6, 6.07) is 5.21. The van der Waals surface area contributed by atoms with E-state index in [4.69, 9.17) is 26.0 Å². The number of nitrogens with one attached hydrogen (secondary N) is 2. The zero-order valence-electron chi connectivity index (χ0n) is 11.9. The quantitative estimate of drug-likeness (QED) is 0.395. The van der Waals surface area contributed by atoms with Gasteiger partial charge < -0.3 is 15.2 Å². The van der Waals surface area contributed by atoms with Crippen molar-refractivity contribution in [3.63, 3.8) is 0 Å². The van der Waals surface area contributed by atoms with Crippen LogP contribution >= 0.6 is 0 Å². The van der Waals surface area contributed by atoms with Crippen LogP contribution in [0.1, 0.15) is 0 Å². The number of nitrogens with zero attached hydrogens (tertiary/aromatic N) is 2. The lowest BCUT2D eigenvalue weighted by Gasteiger charge is -2.26. The molecule has 0 spiro atoms. The lowest BCUT2D eigenvalue weighted by molar-refractivity contribution is 0.0323. The van der Waals surface area contributed by atoms with Crippen LogP contribution in [0.4, 0.5) is 11.4 Å². The minimum absolute atomic E-state index is 0.542. The Morgan fingerprint density at radius 1 is 1.29 bits per heavy atom. The standard InChI is InChI=1S/C14H21N5O2/c15-10-19(11-16)13-9-12(17)1-2-14(13)21-8-5-18-3-6-20-7-4-18/h1-2,9-11,15-16H,3-8,17H2. The molecular formula is C14H21N5O2. The van der Waals surface area contributed by atoms with Crippen LogP contribution in [-0.4, -0.2) is 57.0 Å². The molecule has 0 aliphatic carbocycles. The van der Waals surface area contributed by atoms with E-state index in [1.807, 2.05) is 0 Å². The second-order valence-electron chi connectivity index (χ2n) is 4.70. The van der Waals surface area contributed by atoms with Gasteiger partial charge in [-0.2, -0.15) is 0 Å². The number of hydrogen-bond donors (Lipinski definition) is 3. The van der Waals surface area contributed by atoms with Gasteiger partial charge in [0.15, 0.2) is 0 Å². The van der Waals surface area contributed by atoms with Crippen LogP contribution in [0.5, 0.6) is 5.75 Å². The second kappa shape index (κ2) is 7.61. The first-order valence-electron chi connectivity index (χ1n) is 6.86.